The molecule has 14 heteroatoms. The van der Waals surface area contributed by atoms with E-state index < -0.39 is 64.4 Å². The van der Waals surface area contributed by atoms with E-state index in [1.807, 2.05) is 0 Å². The van der Waals surface area contributed by atoms with Gasteiger partial charge in [0.1, 0.15) is 17.4 Å². The summed E-state index contributed by atoms with van der Waals surface area (Å²) in [7, 11) is 2.82. The van der Waals surface area contributed by atoms with Crippen LogP contribution in [0.3, 0.4) is 0 Å². The van der Waals surface area contributed by atoms with Crippen molar-refractivity contribution in [2.24, 2.45) is 5.92 Å². The van der Waals surface area contributed by atoms with E-state index in [0.717, 1.165) is 4.90 Å². The van der Waals surface area contributed by atoms with Crippen LogP contribution in [0.25, 0.3) is 0 Å². The van der Waals surface area contributed by atoms with E-state index in [9.17, 15) is 36.7 Å². The quantitative estimate of drug-likeness (QED) is 0.415. The highest BCUT2D eigenvalue weighted by Gasteiger charge is 2.58. The standard InChI is InChI=1S/C27H29F4N5O5/c1-15(2)21(33-22(37)18-13-16(27(29,30)31)5-7-19(18)28)23(38)35-11-9-26(10-12-35)24(39)34(3)25(40)36(26)17-6-8-20(41-4)32-14-17/h5-8,13-15,21H,9-12H2,1-4H3,(H,33,37). The van der Waals surface area contributed by atoms with Gasteiger partial charge in [-0.1, -0.05) is 13.8 Å². The van der Waals surface area contributed by atoms with Crippen LogP contribution in [0.15, 0.2) is 36.5 Å². The summed E-state index contributed by atoms with van der Waals surface area (Å²) < 4.78 is 58.7. The highest BCUT2D eigenvalue weighted by Crippen LogP contribution is 2.40. The topological polar surface area (TPSA) is 112 Å². The number of hydrogen-bond acceptors (Lipinski definition) is 6. The number of benzene rings is 1. The fraction of sp³-hybridized carbons (Fsp3) is 0.444. The smallest absolute Gasteiger partial charge is 0.416 e. The average Bonchev–Trinajstić information content (AvgIpc) is 3.11. The maximum atomic E-state index is 14.3. The molecule has 1 aromatic heterocycles. The number of methoxy groups -OCH3 is 1. The number of nitrogens with zero attached hydrogens (tertiary/aromatic N) is 4. The van der Waals surface area contributed by atoms with Crippen molar-refractivity contribution in [3.63, 3.8) is 0 Å². The number of anilines is 1. The van der Waals surface area contributed by atoms with Crippen LogP contribution in [-0.4, -0.2) is 77.4 Å². The summed E-state index contributed by atoms with van der Waals surface area (Å²) in [5.41, 5.74) is -2.92. The third kappa shape index (κ3) is 5.42. The first-order valence-corrected chi connectivity index (χ1v) is 12.8. The van der Waals surface area contributed by atoms with Crippen molar-refractivity contribution >= 4 is 29.4 Å². The molecule has 1 N–H and O–H groups in total. The highest BCUT2D eigenvalue weighted by atomic mass is 19.4. The minimum Gasteiger partial charge on any atom is -0.481 e. The van der Waals surface area contributed by atoms with Crippen molar-refractivity contribution in [2.75, 3.05) is 32.1 Å². The average molecular weight is 580 g/mol. The molecule has 0 aliphatic carbocycles. The third-order valence-electron chi connectivity index (χ3n) is 7.46. The Balaban J connectivity index is 1.53. The number of piperidine rings is 1. The summed E-state index contributed by atoms with van der Waals surface area (Å²) in [4.78, 5) is 60.6. The molecule has 1 atom stereocenters. The second kappa shape index (κ2) is 11.0. The van der Waals surface area contributed by atoms with Crippen LogP contribution in [0, 0.1) is 11.7 Å². The van der Waals surface area contributed by atoms with Gasteiger partial charge in [0, 0.05) is 26.2 Å². The van der Waals surface area contributed by atoms with E-state index in [-0.39, 0.29) is 25.9 Å². The Morgan fingerprint density at radius 1 is 1.10 bits per heavy atom. The Labute approximate surface area is 233 Å². The van der Waals surface area contributed by atoms with E-state index in [4.69, 9.17) is 4.74 Å². The third-order valence-corrected chi connectivity index (χ3v) is 7.46. The zero-order valence-corrected chi connectivity index (χ0v) is 22.8. The summed E-state index contributed by atoms with van der Waals surface area (Å²) in [6.45, 7) is 3.35. The molecule has 3 heterocycles. The number of nitrogens with one attached hydrogen (secondary N) is 1. The lowest BCUT2D eigenvalue weighted by atomic mass is 9.85. The van der Waals surface area contributed by atoms with Gasteiger partial charge in [0.15, 0.2) is 0 Å². The second-order valence-electron chi connectivity index (χ2n) is 10.3. The number of urea groups is 1. The van der Waals surface area contributed by atoms with Gasteiger partial charge in [0.05, 0.1) is 30.1 Å². The van der Waals surface area contributed by atoms with Crippen molar-refractivity contribution < 1.29 is 41.5 Å². The summed E-state index contributed by atoms with van der Waals surface area (Å²) in [6, 6.07) is 2.91. The van der Waals surface area contributed by atoms with Gasteiger partial charge >= 0.3 is 12.2 Å². The van der Waals surface area contributed by atoms with Crippen LogP contribution in [0.1, 0.15) is 42.6 Å². The highest BCUT2D eigenvalue weighted by molar-refractivity contribution is 6.16. The number of pyridine rings is 1. The molecule has 1 aromatic carbocycles. The lowest BCUT2D eigenvalue weighted by Crippen LogP contribution is -2.60. The monoisotopic (exact) mass is 579 g/mol. The maximum absolute atomic E-state index is 14.3. The fourth-order valence-corrected chi connectivity index (χ4v) is 5.15. The zero-order valence-electron chi connectivity index (χ0n) is 22.8. The Bertz CT molecular complexity index is 1360. The zero-order chi connectivity index (χ0) is 30.3. The number of alkyl halides is 3. The summed E-state index contributed by atoms with van der Waals surface area (Å²) in [6.07, 6.45) is -3.20. The number of halogens is 4. The Morgan fingerprint density at radius 2 is 1.76 bits per heavy atom. The summed E-state index contributed by atoms with van der Waals surface area (Å²) >= 11 is 0. The van der Waals surface area contributed by atoms with Gasteiger partial charge in [0.25, 0.3) is 11.8 Å². The molecule has 2 aliphatic rings. The molecular formula is C27H29F4N5O5. The van der Waals surface area contributed by atoms with Crippen LogP contribution >= 0.6 is 0 Å². The number of likely N-dealkylation sites (tertiary alicyclic amines) is 1. The summed E-state index contributed by atoms with van der Waals surface area (Å²) in [5, 5.41) is 2.38. The van der Waals surface area contributed by atoms with Crippen molar-refractivity contribution in [2.45, 2.75) is 44.4 Å². The molecule has 2 aliphatic heterocycles. The normalized spacial score (nSPS) is 17.8. The molecule has 0 saturated carbocycles. The van der Waals surface area contributed by atoms with E-state index in [2.05, 4.69) is 10.3 Å². The maximum Gasteiger partial charge on any atom is 0.416 e. The Kier molecular flexibility index (Phi) is 7.96. The molecule has 41 heavy (non-hydrogen) atoms. The largest absolute Gasteiger partial charge is 0.481 e. The number of hydrogen-bond donors (Lipinski definition) is 1. The number of ether oxygens (including phenoxy) is 1. The first kappa shape index (κ1) is 29.7. The molecular weight excluding hydrogens is 550 g/mol. The minimum absolute atomic E-state index is 0.0444. The number of imide groups is 1. The van der Waals surface area contributed by atoms with E-state index in [1.165, 1.54) is 30.2 Å². The Hall–Kier alpha value is -4.23. The van der Waals surface area contributed by atoms with Gasteiger partial charge in [0.2, 0.25) is 11.8 Å². The first-order valence-electron chi connectivity index (χ1n) is 12.8. The van der Waals surface area contributed by atoms with E-state index in [0.29, 0.717) is 29.8 Å². The van der Waals surface area contributed by atoms with Crippen LogP contribution in [0.4, 0.5) is 28.0 Å². The first-order chi connectivity index (χ1) is 19.2. The lowest BCUT2D eigenvalue weighted by Gasteiger charge is -2.43. The Morgan fingerprint density at radius 3 is 2.29 bits per heavy atom. The molecule has 0 bridgehead atoms. The molecule has 2 fully saturated rings. The predicted molar refractivity (Wildman–Crippen MR) is 137 cm³/mol. The number of likely N-dealkylation sites (N-methyl/N-ethyl adjacent to an activating group) is 1. The molecule has 220 valence electrons. The number of amides is 5. The van der Waals surface area contributed by atoms with Crippen molar-refractivity contribution in [1.82, 2.24) is 20.1 Å². The summed E-state index contributed by atoms with van der Waals surface area (Å²) in [5.74, 6) is -3.48. The van der Waals surface area contributed by atoms with Crippen LogP contribution in [0.2, 0.25) is 0 Å². The number of carbonyl (C=O) groups is 4. The van der Waals surface area contributed by atoms with Gasteiger partial charge in [-0.25, -0.2) is 14.2 Å². The van der Waals surface area contributed by atoms with Crippen LogP contribution in [-0.2, 0) is 15.8 Å². The number of carbonyl (C=O) groups excluding carboxylic acids is 4. The second-order valence-corrected chi connectivity index (χ2v) is 10.3. The van der Waals surface area contributed by atoms with Crippen molar-refractivity contribution in [3.8, 4) is 5.88 Å². The van der Waals surface area contributed by atoms with Crippen LogP contribution < -0.4 is 15.0 Å². The molecule has 10 nitrogen and oxygen atoms in total. The minimum atomic E-state index is -4.79. The van der Waals surface area contributed by atoms with E-state index in [1.54, 1.807) is 26.0 Å². The van der Waals surface area contributed by atoms with Crippen LogP contribution in [0.5, 0.6) is 5.88 Å². The molecule has 4 rings (SSSR count). The number of aromatic nitrogens is 1. The molecule has 1 unspecified atom stereocenters. The molecule has 0 radical (unpaired) electrons. The van der Waals surface area contributed by atoms with Crippen molar-refractivity contribution in [3.05, 3.63) is 53.5 Å². The van der Waals surface area contributed by atoms with Gasteiger partial charge in [-0.3, -0.25) is 24.2 Å². The fourth-order valence-electron chi connectivity index (χ4n) is 5.15. The molecule has 5 amide bonds. The number of rotatable bonds is 6. The molecule has 1 spiro atoms. The van der Waals surface area contributed by atoms with E-state index >= 15 is 0 Å². The van der Waals surface area contributed by atoms with Gasteiger partial charge < -0.3 is 15.0 Å². The van der Waals surface area contributed by atoms with Crippen molar-refractivity contribution in [1.29, 1.82) is 0 Å². The lowest BCUT2D eigenvalue weighted by molar-refractivity contribution is -0.139. The molecule has 2 aromatic rings. The van der Waals surface area contributed by atoms with Gasteiger partial charge in [-0.05, 0) is 43.0 Å². The molecule has 2 saturated heterocycles. The predicted octanol–water partition coefficient (Wildman–Crippen LogP) is 3.46. The van der Waals surface area contributed by atoms with Gasteiger partial charge in [-0.2, -0.15) is 13.2 Å². The van der Waals surface area contributed by atoms with Gasteiger partial charge in [-0.15, -0.1) is 0 Å². The SMILES string of the molecule is COc1ccc(N2C(=O)N(C)C(=O)C23CCN(C(=O)C(NC(=O)c2cc(C(F)(F)F)ccc2F)C(C)C)CC3)cn1.